The summed E-state index contributed by atoms with van der Waals surface area (Å²) in [7, 11) is 0. The Kier molecular flexibility index (Phi) is 4.06. The SMILES string of the molecule is Cc1c(Cl)cccc1NC(=O)[C@H]1C2c3ccccc3C(c3ccccc32)[C@@H]1C. The first-order valence-corrected chi connectivity index (χ1v) is 10.2. The molecule has 0 fully saturated rings. The first kappa shape index (κ1) is 17.5. The lowest BCUT2D eigenvalue weighted by Gasteiger charge is -2.49. The molecular weight excluding hydrogens is 366 g/mol. The third-order valence-electron chi connectivity index (χ3n) is 6.61. The van der Waals surface area contributed by atoms with E-state index >= 15 is 0 Å². The number of rotatable bonds is 2. The molecule has 1 amide bonds. The molecule has 3 heteroatoms. The molecule has 3 aromatic rings. The Bertz CT molecular complexity index is 1040. The summed E-state index contributed by atoms with van der Waals surface area (Å²) in [5.41, 5.74) is 7.06. The van der Waals surface area contributed by atoms with Gasteiger partial charge in [-0.05, 0) is 52.8 Å². The zero-order valence-electron chi connectivity index (χ0n) is 15.9. The number of halogens is 1. The highest BCUT2D eigenvalue weighted by molar-refractivity contribution is 6.31. The minimum atomic E-state index is -0.104. The van der Waals surface area contributed by atoms with Crippen molar-refractivity contribution in [1.29, 1.82) is 0 Å². The number of amides is 1. The van der Waals surface area contributed by atoms with Gasteiger partial charge in [0.15, 0.2) is 0 Å². The Balaban J connectivity index is 1.60. The van der Waals surface area contributed by atoms with Crippen molar-refractivity contribution in [3.8, 4) is 0 Å². The van der Waals surface area contributed by atoms with Gasteiger partial charge < -0.3 is 5.32 Å². The van der Waals surface area contributed by atoms with E-state index in [1.165, 1.54) is 22.3 Å². The van der Waals surface area contributed by atoms with Crippen molar-refractivity contribution in [1.82, 2.24) is 0 Å². The molecule has 3 aromatic carbocycles. The van der Waals surface area contributed by atoms with Crippen LogP contribution >= 0.6 is 11.6 Å². The average Bonchev–Trinajstić information content (AvgIpc) is 2.71. The summed E-state index contributed by atoms with van der Waals surface area (Å²) in [6, 6.07) is 22.9. The summed E-state index contributed by atoms with van der Waals surface area (Å²) < 4.78 is 0. The van der Waals surface area contributed by atoms with E-state index in [-0.39, 0.29) is 29.6 Å². The molecule has 2 bridgehead atoms. The third-order valence-corrected chi connectivity index (χ3v) is 7.02. The fourth-order valence-electron chi connectivity index (χ4n) is 5.30. The predicted octanol–water partition coefficient (Wildman–Crippen LogP) is 6.13. The van der Waals surface area contributed by atoms with E-state index in [0.717, 1.165) is 11.3 Å². The van der Waals surface area contributed by atoms with Crippen molar-refractivity contribution >= 4 is 23.2 Å². The molecule has 28 heavy (non-hydrogen) atoms. The average molecular weight is 388 g/mol. The van der Waals surface area contributed by atoms with E-state index in [1.807, 2.05) is 25.1 Å². The number of carbonyl (C=O) groups excluding carboxylic acids is 1. The van der Waals surface area contributed by atoms with Crippen LogP contribution in [0.2, 0.25) is 5.02 Å². The van der Waals surface area contributed by atoms with Gasteiger partial charge in [-0.3, -0.25) is 4.79 Å². The Morgan fingerprint density at radius 2 is 1.36 bits per heavy atom. The first-order chi connectivity index (χ1) is 13.6. The van der Waals surface area contributed by atoms with Crippen LogP contribution in [0.3, 0.4) is 0 Å². The van der Waals surface area contributed by atoms with E-state index in [2.05, 4.69) is 60.8 Å². The number of hydrogen-bond acceptors (Lipinski definition) is 1. The molecular formula is C25H22ClNO. The van der Waals surface area contributed by atoms with E-state index in [1.54, 1.807) is 0 Å². The minimum absolute atomic E-state index is 0.0804. The zero-order valence-corrected chi connectivity index (χ0v) is 16.7. The number of hydrogen-bond donors (Lipinski definition) is 1. The van der Waals surface area contributed by atoms with Crippen LogP contribution in [0.25, 0.3) is 0 Å². The fraction of sp³-hybridized carbons (Fsp3) is 0.240. The monoisotopic (exact) mass is 387 g/mol. The summed E-state index contributed by atoms with van der Waals surface area (Å²) in [5, 5.41) is 3.85. The van der Waals surface area contributed by atoms with Gasteiger partial charge in [-0.25, -0.2) is 0 Å². The van der Waals surface area contributed by atoms with Crippen LogP contribution in [0.4, 0.5) is 5.69 Å². The highest BCUT2D eigenvalue weighted by atomic mass is 35.5. The second kappa shape index (κ2) is 6.49. The smallest absolute Gasteiger partial charge is 0.228 e. The lowest BCUT2D eigenvalue weighted by molar-refractivity contribution is -0.122. The molecule has 2 atom stereocenters. The molecule has 6 rings (SSSR count). The molecule has 3 aliphatic rings. The molecule has 140 valence electrons. The van der Waals surface area contributed by atoms with Crippen LogP contribution in [0.1, 0.15) is 46.6 Å². The Morgan fingerprint density at radius 3 is 1.93 bits per heavy atom. The fourth-order valence-corrected chi connectivity index (χ4v) is 5.48. The van der Waals surface area contributed by atoms with Gasteiger partial charge in [0, 0.05) is 22.5 Å². The van der Waals surface area contributed by atoms with Crippen LogP contribution in [-0.4, -0.2) is 5.91 Å². The maximum atomic E-state index is 13.5. The normalized spacial score (nSPS) is 24.4. The third kappa shape index (κ3) is 2.44. The van der Waals surface area contributed by atoms with Gasteiger partial charge in [0.2, 0.25) is 5.91 Å². The zero-order chi connectivity index (χ0) is 19.4. The second-order valence-electron chi connectivity index (χ2n) is 8.00. The standard InChI is InChI=1S/C25H22ClNO/c1-14-20(26)12-7-13-21(14)27-25(28)23-15(2)22-16-8-3-5-10-18(16)24(23)19-11-6-4-9-17(19)22/h3-13,15,22-24H,1-2H3,(H,27,28)/t15-,22?,23+,24?/m0/s1. The van der Waals surface area contributed by atoms with Gasteiger partial charge in [-0.15, -0.1) is 0 Å². The summed E-state index contributed by atoms with van der Waals surface area (Å²) in [6.07, 6.45) is 0. The molecule has 1 N–H and O–H groups in total. The van der Waals surface area contributed by atoms with Gasteiger partial charge >= 0.3 is 0 Å². The Morgan fingerprint density at radius 1 is 0.821 bits per heavy atom. The molecule has 3 aliphatic carbocycles. The second-order valence-corrected chi connectivity index (χ2v) is 8.41. The Labute approximate surface area is 170 Å². The van der Waals surface area contributed by atoms with E-state index < -0.39 is 0 Å². The van der Waals surface area contributed by atoms with E-state index in [4.69, 9.17) is 11.6 Å². The number of nitrogens with one attached hydrogen (secondary N) is 1. The topological polar surface area (TPSA) is 29.1 Å². The van der Waals surface area contributed by atoms with Gasteiger partial charge in [0.1, 0.15) is 0 Å². The van der Waals surface area contributed by atoms with Crippen LogP contribution in [0.5, 0.6) is 0 Å². The van der Waals surface area contributed by atoms with Crippen molar-refractivity contribution in [3.05, 3.63) is 99.6 Å². The summed E-state index contributed by atoms with van der Waals surface area (Å²) in [6.45, 7) is 4.16. The molecule has 0 saturated carbocycles. The molecule has 0 aliphatic heterocycles. The van der Waals surface area contributed by atoms with Gasteiger partial charge in [0.05, 0.1) is 5.92 Å². The van der Waals surface area contributed by atoms with Crippen molar-refractivity contribution in [2.45, 2.75) is 25.7 Å². The maximum absolute atomic E-state index is 13.5. The van der Waals surface area contributed by atoms with Crippen molar-refractivity contribution in [2.75, 3.05) is 5.32 Å². The number of fused-ring (bicyclic) bond motifs is 1. The van der Waals surface area contributed by atoms with E-state index in [9.17, 15) is 4.79 Å². The summed E-state index contributed by atoms with van der Waals surface area (Å²) in [5.74, 6) is 0.555. The molecule has 0 heterocycles. The van der Waals surface area contributed by atoms with Gasteiger partial charge in [-0.1, -0.05) is 73.1 Å². The molecule has 2 nitrogen and oxygen atoms in total. The molecule has 0 saturated heterocycles. The highest BCUT2D eigenvalue weighted by Gasteiger charge is 2.50. The number of anilines is 1. The van der Waals surface area contributed by atoms with Crippen LogP contribution in [-0.2, 0) is 4.79 Å². The van der Waals surface area contributed by atoms with E-state index in [0.29, 0.717) is 5.02 Å². The molecule has 0 unspecified atom stereocenters. The summed E-state index contributed by atoms with van der Waals surface area (Å²) in [4.78, 5) is 13.5. The summed E-state index contributed by atoms with van der Waals surface area (Å²) >= 11 is 6.26. The molecule has 0 aromatic heterocycles. The number of benzene rings is 3. The molecule has 0 spiro atoms. The van der Waals surface area contributed by atoms with Crippen LogP contribution < -0.4 is 5.32 Å². The lowest BCUT2D eigenvalue weighted by atomic mass is 9.54. The minimum Gasteiger partial charge on any atom is -0.326 e. The quantitative estimate of drug-likeness (QED) is 0.563. The molecule has 0 radical (unpaired) electrons. The van der Waals surface area contributed by atoms with Crippen molar-refractivity contribution in [2.24, 2.45) is 11.8 Å². The van der Waals surface area contributed by atoms with Crippen molar-refractivity contribution in [3.63, 3.8) is 0 Å². The lowest BCUT2D eigenvalue weighted by Crippen LogP contribution is -2.44. The Hall–Kier alpha value is -2.58. The highest BCUT2D eigenvalue weighted by Crippen LogP contribution is 2.58. The van der Waals surface area contributed by atoms with Crippen LogP contribution in [0.15, 0.2) is 66.7 Å². The maximum Gasteiger partial charge on any atom is 0.228 e. The van der Waals surface area contributed by atoms with Crippen molar-refractivity contribution < 1.29 is 4.79 Å². The largest absolute Gasteiger partial charge is 0.326 e. The van der Waals surface area contributed by atoms with Gasteiger partial charge in [0.25, 0.3) is 0 Å². The first-order valence-electron chi connectivity index (χ1n) is 9.81. The van der Waals surface area contributed by atoms with Gasteiger partial charge in [-0.2, -0.15) is 0 Å². The van der Waals surface area contributed by atoms with Crippen LogP contribution in [0, 0.1) is 18.8 Å². The number of carbonyl (C=O) groups is 1. The predicted molar refractivity (Wildman–Crippen MR) is 114 cm³/mol.